The van der Waals surface area contributed by atoms with Crippen LogP contribution in [0.4, 0.5) is 0 Å². The summed E-state index contributed by atoms with van der Waals surface area (Å²) in [6, 6.07) is 20.8. The Morgan fingerprint density at radius 3 is 2.21 bits per heavy atom. The van der Waals surface area contributed by atoms with Gasteiger partial charge in [0.1, 0.15) is 0 Å². The zero-order chi connectivity index (χ0) is 17.0. The molecule has 4 heteroatoms. The van der Waals surface area contributed by atoms with Crippen LogP contribution in [0, 0.1) is 0 Å². The fraction of sp³-hybridized carbons (Fsp3) is 0.350. The first-order valence-electron chi connectivity index (χ1n) is 8.40. The van der Waals surface area contributed by atoms with Crippen LogP contribution in [0.5, 0.6) is 0 Å². The molecule has 2 aromatic carbocycles. The number of carbonyl (C=O) groups excluding carboxylic acids is 1. The quantitative estimate of drug-likeness (QED) is 0.377. The third kappa shape index (κ3) is 7.20. The van der Waals surface area contributed by atoms with Gasteiger partial charge in [-0.05, 0) is 30.4 Å². The van der Waals surface area contributed by atoms with Crippen LogP contribution in [-0.4, -0.2) is 16.4 Å². The fourth-order valence-corrected chi connectivity index (χ4v) is 3.85. The van der Waals surface area contributed by atoms with Gasteiger partial charge in [-0.15, -0.1) is 0 Å². The largest absolute Gasteiger partial charge is 0.289 e. The van der Waals surface area contributed by atoms with E-state index >= 15 is 0 Å². The van der Waals surface area contributed by atoms with Gasteiger partial charge in [0, 0.05) is 17.4 Å². The van der Waals surface area contributed by atoms with Crippen molar-refractivity contribution in [2.24, 2.45) is 0 Å². The van der Waals surface area contributed by atoms with E-state index in [0.717, 1.165) is 31.4 Å². The third-order valence-electron chi connectivity index (χ3n) is 3.95. The highest BCUT2D eigenvalue weighted by Crippen LogP contribution is 2.25. The van der Waals surface area contributed by atoms with Gasteiger partial charge >= 0.3 is 0 Å². The number of rotatable bonds is 10. The molecule has 1 amide bonds. The van der Waals surface area contributed by atoms with Gasteiger partial charge in [-0.25, -0.2) is 5.48 Å². The summed E-state index contributed by atoms with van der Waals surface area (Å²) in [5.41, 5.74) is 4.38. The van der Waals surface area contributed by atoms with Crippen molar-refractivity contribution in [3.05, 3.63) is 71.8 Å². The predicted molar refractivity (Wildman–Crippen MR) is 100 cm³/mol. The van der Waals surface area contributed by atoms with Crippen molar-refractivity contribution in [2.75, 3.05) is 0 Å². The van der Waals surface area contributed by atoms with Crippen LogP contribution in [-0.2, 0) is 17.0 Å². The minimum absolute atomic E-state index is 0.230. The average molecular weight is 343 g/mol. The summed E-state index contributed by atoms with van der Waals surface area (Å²) in [6.45, 7) is 0. The van der Waals surface area contributed by atoms with Gasteiger partial charge in [0.2, 0.25) is 5.91 Å². The van der Waals surface area contributed by atoms with Gasteiger partial charge in [-0.3, -0.25) is 10.0 Å². The fourth-order valence-electron chi connectivity index (χ4n) is 2.63. The molecule has 24 heavy (non-hydrogen) atoms. The number of nitrogens with one attached hydrogen (secondary N) is 1. The van der Waals surface area contributed by atoms with Crippen LogP contribution >= 0.6 is 11.8 Å². The molecule has 0 aromatic heterocycles. The van der Waals surface area contributed by atoms with Gasteiger partial charge in [0.15, 0.2) is 0 Å². The molecule has 2 aromatic rings. The number of hydrogen-bond donors (Lipinski definition) is 2. The maximum atomic E-state index is 11.5. The van der Waals surface area contributed by atoms with Crippen molar-refractivity contribution < 1.29 is 10.0 Å². The smallest absolute Gasteiger partial charge is 0.244 e. The highest BCUT2D eigenvalue weighted by atomic mass is 32.2. The van der Waals surface area contributed by atoms with E-state index in [4.69, 9.17) is 5.21 Å². The molecular weight excluding hydrogens is 318 g/mol. The van der Waals surface area contributed by atoms with Gasteiger partial charge in [0.05, 0.1) is 0 Å². The lowest BCUT2D eigenvalue weighted by molar-refractivity contribution is -0.129. The topological polar surface area (TPSA) is 49.3 Å². The molecule has 0 spiro atoms. The van der Waals surface area contributed by atoms with Crippen LogP contribution in [0.3, 0.4) is 0 Å². The molecule has 0 bridgehead atoms. The molecule has 3 nitrogen and oxygen atoms in total. The number of thioether (sulfide) groups is 1. The zero-order valence-electron chi connectivity index (χ0n) is 13.9. The van der Waals surface area contributed by atoms with Crippen molar-refractivity contribution >= 4 is 17.7 Å². The van der Waals surface area contributed by atoms with E-state index in [2.05, 4.69) is 36.4 Å². The molecule has 128 valence electrons. The molecular formula is C20H25NO2S. The van der Waals surface area contributed by atoms with E-state index in [1.165, 1.54) is 11.1 Å². The monoisotopic (exact) mass is 343 g/mol. The van der Waals surface area contributed by atoms with Crippen LogP contribution in [0.2, 0.25) is 0 Å². The van der Waals surface area contributed by atoms with Crippen molar-refractivity contribution in [1.82, 2.24) is 5.48 Å². The highest BCUT2D eigenvalue weighted by molar-refractivity contribution is 7.99. The van der Waals surface area contributed by atoms with E-state index in [1.54, 1.807) is 17.2 Å². The Kier molecular flexibility index (Phi) is 8.42. The minimum atomic E-state index is -0.302. The lowest BCUT2D eigenvalue weighted by Gasteiger charge is -2.15. The summed E-state index contributed by atoms with van der Waals surface area (Å²) < 4.78 is 0. The number of benzene rings is 2. The van der Waals surface area contributed by atoms with Gasteiger partial charge in [-0.2, -0.15) is 11.8 Å². The van der Waals surface area contributed by atoms with Crippen LogP contribution in [0.1, 0.15) is 36.8 Å². The Morgan fingerprint density at radius 2 is 1.58 bits per heavy atom. The number of amides is 1. The maximum Gasteiger partial charge on any atom is 0.244 e. The molecule has 0 aliphatic heterocycles. The van der Waals surface area contributed by atoms with E-state index < -0.39 is 0 Å². The summed E-state index contributed by atoms with van der Waals surface area (Å²) >= 11 is 1.79. The summed E-state index contributed by atoms with van der Waals surface area (Å²) in [6.07, 6.45) is 4.62. The second kappa shape index (κ2) is 10.9. The van der Waals surface area contributed by atoms with E-state index in [9.17, 15) is 4.79 Å². The number of aryl methyl sites for hydroxylation is 1. The second-order valence-electron chi connectivity index (χ2n) is 5.89. The summed E-state index contributed by atoms with van der Waals surface area (Å²) in [7, 11) is 0. The molecule has 0 aliphatic carbocycles. The Morgan fingerprint density at radius 1 is 0.958 bits per heavy atom. The van der Waals surface area contributed by atoms with E-state index in [-0.39, 0.29) is 11.2 Å². The maximum absolute atomic E-state index is 11.5. The average Bonchev–Trinajstić information content (AvgIpc) is 2.64. The normalized spacial score (nSPS) is 11.9. The SMILES string of the molecule is O=C(CC(CCCCc1ccccc1)SCc1ccccc1)NO. The number of hydrogen-bond acceptors (Lipinski definition) is 3. The van der Waals surface area contributed by atoms with Gasteiger partial charge in [-0.1, -0.05) is 67.1 Å². The Bertz CT molecular complexity index is 589. The molecule has 0 saturated heterocycles. The molecule has 2 N–H and O–H groups in total. The lowest BCUT2D eigenvalue weighted by Crippen LogP contribution is -2.23. The van der Waals surface area contributed by atoms with Crippen molar-refractivity contribution in [3.63, 3.8) is 0 Å². The summed E-state index contributed by atoms with van der Waals surface area (Å²) in [5, 5.41) is 9.01. The Balaban J connectivity index is 1.76. The van der Waals surface area contributed by atoms with Crippen LogP contribution < -0.4 is 5.48 Å². The molecule has 0 heterocycles. The molecule has 0 saturated carbocycles. The first kappa shape index (κ1) is 18.6. The highest BCUT2D eigenvalue weighted by Gasteiger charge is 2.14. The standard InChI is InChI=1S/C20H25NO2S/c22-20(21-23)15-19(24-16-18-12-5-2-6-13-18)14-8-7-11-17-9-3-1-4-10-17/h1-6,9-10,12-13,19,23H,7-8,11,14-16H2,(H,21,22). The first-order valence-corrected chi connectivity index (χ1v) is 9.45. The molecule has 0 fully saturated rings. The lowest BCUT2D eigenvalue weighted by atomic mass is 10.1. The van der Waals surface area contributed by atoms with Gasteiger partial charge < -0.3 is 0 Å². The number of carbonyl (C=O) groups is 1. The van der Waals surface area contributed by atoms with Crippen molar-refractivity contribution in [2.45, 2.75) is 43.1 Å². The third-order valence-corrected chi connectivity index (χ3v) is 5.32. The summed E-state index contributed by atoms with van der Waals surface area (Å²) in [5.74, 6) is 0.590. The molecule has 1 unspecified atom stereocenters. The Labute approximate surface area is 148 Å². The zero-order valence-corrected chi connectivity index (χ0v) is 14.7. The van der Waals surface area contributed by atoms with Crippen molar-refractivity contribution in [1.29, 1.82) is 0 Å². The van der Waals surface area contributed by atoms with Crippen LogP contribution in [0.25, 0.3) is 0 Å². The molecule has 0 aliphatic rings. The number of hydroxylamine groups is 1. The second-order valence-corrected chi connectivity index (χ2v) is 7.18. The summed E-state index contributed by atoms with van der Waals surface area (Å²) in [4.78, 5) is 11.5. The first-order chi connectivity index (χ1) is 11.8. The molecule has 1 atom stereocenters. The minimum Gasteiger partial charge on any atom is -0.289 e. The van der Waals surface area contributed by atoms with Gasteiger partial charge in [0.25, 0.3) is 0 Å². The van der Waals surface area contributed by atoms with Crippen molar-refractivity contribution in [3.8, 4) is 0 Å². The van der Waals surface area contributed by atoms with E-state index in [1.807, 2.05) is 24.3 Å². The number of unbranched alkanes of at least 4 members (excludes halogenated alkanes) is 1. The van der Waals surface area contributed by atoms with Crippen LogP contribution in [0.15, 0.2) is 60.7 Å². The predicted octanol–water partition coefficient (Wildman–Crippen LogP) is 4.60. The Hall–Kier alpha value is -1.78. The molecule has 2 rings (SSSR count). The molecule has 0 radical (unpaired) electrons. The van der Waals surface area contributed by atoms with E-state index in [0.29, 0.717) is 6.42 Å².